The molecule has 1 atom stereocenters. The van der Waals surface area contributed by atoms with Crippen molar-refractivity contribution in [3.63, 3.8) is 0 Å². The van der Waals surface area contributed by atoms with Gasteiger partial charge in [0.05, 0.1) is 14.2 Å². The van der Waals surface area contributed by atoms with Gasteiger partial charge in [-0.25, -0.2) is 4.79 Å². The predicted octanol–water partition coefficient (Wildman–Crippen LogP) is 0.978. The zero-order valence-corrected chi connectivity index (χ0v) is 15.5. The highest BCUT2D eigenvalue weighted by Crippen LogP contribution is 2.24. The highest BCUT2D eigenvalue weighted by molar-refractivity contribution is 8.76. The van der Waals surface area contributed by atoms with Crippen molar-refractivity contribution in [2.75, 3.05) is 39.3 Å². The van der Waals surface area contributed by atoms with Crippen LogP contribution in [0.1, 0.15) is 25.7 Å². The molecule has 0 fully saturated rings. The van der Waals surface area contributed by atoms with Gasteiger partial charge in [0.15, 0.2) is 0 Å². The zero-order valence-electron chi connectivity index (χ0n) is 13.9. The molecule has 0 saturated carbocycles. The minimum Gasteiger partial charge on any atom is -0.469 e. The van der Waals surface area contributed by atoms with Crippen molar-refractivity contribution in [2.24, 2.45) is 0 Å². The molecule has 23 heavy (non-hydrogen) atoms. The molecule has 7 nitrogen and oxygen atoms in total. The maximum absolute atomic E-state index is 11.7. The van der Waals surface area contributed by atoms with Gasteiger partial charge >= 0.3 is 11.9 Å². The Kier molecular flexibility index (Phi) is 14.1. The van der Waals surface area contributed by atoms with Gasteiger partial charge in [0.2, 0.25) is 5.91 Å². The van der Waals surface area contributed by atoms with Gasteiger partial charge in [-0.3, -0.25) is 9.59 Å². The van der Waals surface area contributed by atoms with Gasteiger partial charge in [-0.2, -0.15) is 0 Å². The Labute approximate surface area is 145 Å². The van der Waals surface area contributed by atoms with E-state index in [2.05, 4.69) is 15.4 Å². The minimum absolute atomic E-state index is 0.175. The highest BCUT2D eigenvalue weighted by atomic mass is 33.1. The van der Waals surface area contributed by atoms with Crippen LogP contribution in [0.15, 0.2) is 0 Å². The lowest BCUT2D eigenvalue weighted by atomic mass is 10.2. The molecule has 0 aliphatic carbocycles. The number of carbonyl (C=O) groups is 3. The van der Waals surface area contributed by atoms with E-state index in [0.29, 0.717) is 31.6 Å². The Morgan fingerprint density at radius 3 is 2.35 bits per heavy atom. The summed E-state index contributed by atoms with van der Waals surface area (Å²) in [5.74, 6) is 0.724. The number of hydrogen-bond donors (Lipinski definition) is 2. The van der Waals surface area contributed by atoms with E-state index in [0.717, 1.165) is 12.2 Å². The minimum atomic E-state index is -0.618. The molecule has 2 N–H and O–H groups in total. The molecule has 1 amide bonds. The number of esters is 2. The summed E-state index contributed by atoms with van der Waals surface area (Å²) >= 11 is 0. The van der Waals surface area contributed by atoms with Gasteiger partial charge in [-0.1, -0.05) is 21.6 Å². The maximum atomic E-state index is 11.7. The van der Waals surface area contributed by atoms with Gasteiger partial charge < -0.3 is 20.1 Å². The molecule has 0 radical (unpaired) electrons. The third-order valence-corrected chi connectivity index (χ3v) is 5.36. The molecule has 0 aromatic rings. The van der Waals surface area contributed by atoms with Gasteiger partial charge in [0.25, 0.3) is 0 Å². The van der Waals surface area contributed by atoms with Crippen LogP contribution in [0.4, 0.5) is 0 Å². The van der Waals surface area contributed by atoms with Crippen molar-refractivity contribution >= 4 is 39.4 Å². The molecular formula is C14H26N2O5S2. The number of amides is 1. The Bertz CT molecular complexity index is 369. The first-order valence-electron chi connectivity index (χ1n) is 7.38. The van der Waals surface area contributed by atoms with E-state index in [1.165, 1.54) is 14.2 Å². The number of carbonyl (C=O) groups excluding carboxylic acids is 3. The van der Waals surface area contributed by atoms with E-state index >= 15 is 0 Å². The van der Waals surface area contributed by atoms with Gasteiger partial charge in [-0.15, -0.1) is 0 Å². The summed E-state index contributed by atoms with van der Waals surface area (Å²) in [6.45, 7) is 0.560. The monoisotopic (exact) mass is 366 g/mol. The topological polar surface area (TPSA) is 93.7 Å². The van der Waals surface area contributed by atoms with Crippen LogP contribution in [-0.2, 0) is 23.9 Å². The van der Waals surface area contributed by atoms with E-state index in [1.54, 1.807) is 28.6 Å². The summed E-state index contributed by atoms with van der Waals surface area (Å²) in [5, 5.41) is 5.57. The number of hydrogen-bond acceptors (Lipinski definition) is 8. The predicted molar refractivity (Wildman–Crippen MR) is 93.3 cm³/mol. The van der Waals surface area contributed by atoms with E-state index in [9.17, 15) is 14.4 Å². The molecule has 0 unspecified atom stereocenters. The summed E-state index contributed by atoms with van der Waals surface area (Å²) in [7, 11) is 7.69. The first-order chi connectivity index (χ1) is 11.0. The first kappa shape index (κ1) is 22.1. The zero-order chi connectivity index (χ0) is 17.5. The summed E-state index contributed by atoms with van der Waals surface area (Å²) < 4.78 is 9.28. The van der Waals surface area contributed by atoms with E-state index < -0.39 is 12.0 Å². The molecule has 0 spiro atoms. The third kappa shape index (κ3) is 12.2. The van der Waals surface area contributed by atoms with Crippen molar-refractivity contribution in [1.29, 1.82) is 0 Å². The van der Waals surface area contributed by atoms with Crippen molar-refractivity contribution < 1.29 is 23.9 Å². The lowest BCUT2D eigenvalue weighted by Gasteiger charge is -2.16. The number of rotatable bonds is 13. The Hall–Kier alpha value is -0.930. The molecule has 0 aromatic carbocycles. The fourth-order valence-electron chi connectivity index (χ4n) is 1.56. The fourth-order valence-corrected chi connectivity index (χ4v) is 3.74. The Morgan fingerprint density at radius 1 is 1.04 bits per heavy atom. The second-order valence-electron chi connectivity index (χ2n) is 4.61. The molecule has 0 aromatic heterocycles. The van der Waals surface area contributed by atoms with E-state index in [-0.39, 0.29) is 11.9 Å². The van der Waals surface area contributed by atoms with E-state index in [1.807, 2.05) is 0 Å². The quantitative estimate of drug-likeness (QED) is 0.283. The average Bonchev–Trinajstić information content (AvgIpc) is 2.56. The van der Waals surface area contributed by atoms with Crippen LogP contribution in [-0.4, -0.2) is 63.2 Å². The van der Waals surface area contributed by atoms with Crippen molar-refractivity contribution in [3.8, 4) is 0 Å². The van der Waals surface area contributed by atoms with Crippen molar-refractivity contribution in [2.45, 2.75) is 31.7 Å². The third-order valence-electron chi connectivity index (χ3n) is 2.83. The Balaban J connectivity index is 3.91. The van der Waals surface area contributed by atoms with Crippen LogP contribution < -0.4 is 10.6 Å². The number of methoxy groups -OCH3 is 2. The fraction of sp³-hybridized carbons (Fsp3) is 0.786. The van der Waals surface area contributed by atoms with Crippen LogP contribution >= 0.6 is 21.6 Å². The molecule has 0 aliphatic rings. The molecule has 9 heteroatoms. The van der Waals surface area contributed by atoms with Gasteiger partial charge in [-0.05, 0) is 19.9 Å². The Morgan fingerprint density at radius 2 is 1.74 bits per heavy atom. The smallest absolute Gasteiger partial charge is 0.328 e. The lowest BCUT2D eigenvalue weighted by molar-refractivity contribution is -0.145. The molecular weight excluding hydrogens is 340 g/mol. The first-order valence-corrected chi connectivity index (χ1v) is 9.87. The largest absolute Gasteiger partial charge is 0.469 e. The van der Waals surface area contributed by atoms with Crippen molar-refractivity contribution in [3.05, 3.63) is 0 Å². The van der Waals surface area contributed by atoms with Crippen LogP contribution in [0.5, 0.6) is 0 Å². The summed E-state index contributed by atoms with van der Waals surface area (Å²) in [6, 6.07) is -0.618. The van der Waals surface area contributed by atoms with Crippen molar-refractivity contribution in [1.82, 2.24) is 10.6 Å². The molecule has 0 aliphatic heterocycles. The lowest BCUT2D eigenvalue weighted by Crippen LogP contribution is -2.42. The van der Waals surface area contributed by atoms with Gasteiger partial charge in [0, 0.05) is 30.9 Å². The maximum Gasteiger partial charge on any atom is 0.328 e. The number of ether oxygens (including phenoxy) is 2. The van der Waals surface area contributed by atoms with Gasteiger partial charge in [0.1, 0.15) is 6.04 Å². The van der Waals surface area contributed by atoms with E-state index in [4.69, 9.17) is 4.74 Å². The second kappa shape index (κ2) is 14.6. The second-order valence-corrected chi connectivity index (χ2v) is 7.31. The van der Waals surface area contributed by atoms with Crippen LogP contribution in [0.2, 0.25) is 0 Å². The summed E-state index contributed by atoms with van der Waals surface area (Å²) in [4.78, 5) is 34.3. The standard InChI is InChI=1S/C14H26N2O5S2/c1-15-8-6-12(17)16-11(14(19)21-3)7-10-23-22-9-4-5-13(18)20-2/h11,15H,4-10H2,1-3H3,(H,16,17)/t11-/m0/s1. The average molecular weight is 367 g/mol. The SMILES string of the molecule is CNCCC(=O)N[C@@H](CCSSCCCC(=O)OC)C(=O)OC. The van der Waals surface area contributed by atoms with Crippen LogP contribution in [0.25, 0.3) is 0 Å². The molecule has 0 rings (SSSR count). The molecule has 0 bridgehead atoms. The highest BCUT2D eigenvalue weighted by Gasteiger charge is 2.20. The molecule has 134 valence electrons. The van der Waals surface area contributed by atoms with Crippen LogP contribution in [0.3, 0.4) is 0 Å². The number of nitrogens with one attached hydrogen (secondary N) is 2. The summed E-state index contributed by atoms with van der Waals surface area (Å²) in [6.07, 6.45) is 1.99. The van der Waals surface area contributed by atoms with Crippen LogP contribution in [0, 0.1) is 0 Å². The molecule has 0 heterocycles. The molecule has 0 saturated heterocycles. The normalized spacial score (nSPS) is 11.6. The summed E-state index contributed by atoms with van der Waals surface area (Å²) in [5.41, 5.74) is 0.